The van der Waals surface area contributed by atoms with Gasteiger partial charge in [-0.25, -0.2) is 0 Å². The lowest BCUT2D eigenvalue weighted by Gasteiger charge is -2.23. The second kappa shape index (κ2) is 14.1. The van der Waals surface area contributed by atoms with Crippen molar-refractivity contribution >= 4 is 5.91 Å². The summed E-state index contributed by atoms with van der Waals surface area (Å²) in [6.45, 7) is 5.81. The number of benzene rings is 1. The summed E-state index contributed by atoms with van der Waals surface area (Å²) in [4.78, 5) is 14.5. The molecule has 1 aromatic carbocycles. The Bertz CT molecular complexity index is 580. The van der Waals surface area contributed by atoms with E-state index in [-0.39, 0.29) is 5.91 Å². The molecule has 0 unspecified atom stereocenters. The molecule has 1 saturated heterocycles. The van der Waals surface area contributed by atoms with Crippen LogP contribution in [-0.4, -0.2) is 90.0 Å². The van der Waals surface area contributed by atoms with Crippen LogP contribution in [-0.2, 0) is 23.7 Å². The first-order valence-corrected chi connectivity index (χ1v) is 9.56. The average Bonchev–Trinajstić information content (AvgIpc) is 2.73. The van der Waals surface area contributed by atoms with Crippen molar-refractivity contribution in [2.24, 2.45) is 0 Å². The van der Waals surface area contributed by atoms with Crippen molar-refractivity contribution in [1.82, 2.24) is 4.90 Å². The van der Waals surface area contributed by atoms with Gasteiger partial charge >= 0.3 is 0 Å². The number of ether oxygens (including phenoxy) is 5. The van der Waals surface area contributed by atoms with Crippen molar-refractivity contribution in [2.75, 3.05) is 79.2 Å². The maximum absolute atomic E-state index is 12.8. The first-order chi connectivity index (χ1) is 13.8. The van der Waals surface area contributed by atoms with E-state index >= 15 is 0 Å². The van der Waals surface area contributed by atoms with Gasteiger partial charge in [0.05, 0.1) is 66.1 Å². The fraction of sp³-hybridized carbons (Fsp3) is 0.571. The third-order valence-corrected chi connectivity index (χ3v) is 4.08. The van der Waals surface area contributed by atoms with E-state index < -0.39 is 0 Å². The van der Waals surface area contributed by atoms with Crippen LogP contribution in [0.4, 0.5) is 0 Å². The van der Waals surface area contributed by atoms with Crippen LogP contribution in [0.5, 0.6) is 0 Å². The van der Waals surface area contributed by atoms with Gasteiger partial charge in [0.15, 0.2) is 0 Å². The Labute approximate surface area is 166 Å². The molecular weight excluding hydrogens is 362 g/mol. The molecule has 0 aliphatic carbocycles. The van der Waals surface area contributed by atoms with Gasteiger partial charge in [-0.1, -0.05) is 5.92 Å². The number of terminal acetylenes is 1. The number of nitrogens with zero attached hydrogens (tertiary/aromatic N) is 1. The predicted molar refractivity (Wildman–Crippen MR) is 104 cm³/mol. The zero-order valence-corrected chi connectivity index (χ0v) is 16.3. The lowest BCUT2D eigenvalue weighted by atomic mass is 10.1. The Morgan fingerprint density at radius 2 is 1.11 bits per heavy atom. The Kier molecular flexibility index (Phi) is 11.3. The Morgan fingerprint density at radius 3 is 1.50 bits per heavy atom. The summed E-state index contributed by atoms with van der Waals surface area (Å²) in [5, 5.41) is 0. The smallest absolute Gasteiger partial charge is 0.254 e. The normalized spacial score (nSPS) is 19.2. The highest BCUT2D eigenvalue weighted by Crippen LogP contribution is 2.07. The molecule has 0 saturated carbocycles. The second-order valence-corrected chi connectivity index (χ2v) is 6.08. The molecule has 154 valence electrons. The van der Waals surface area contributed by atoms with Crippen LogP contribution in [0, 0.1) is 12.3 Å². The van der Waals surface area contributed by atoms with Crippen molar-refractivity contribution in [3.63, 3.8) is 0 Å². The summed E-state index contributed by atoms with van der Waals surface area (Å²) >= 11 is 0. The molecule has 0 spiro atoms. The molecule has 0 N–H and O–H groups in total. The number of hydrogen-bond donors (Lipinski definition) is 0. The van der Waals surface area contributed by atoms with Gasteiger partial charge in [-0.15, -0.1) is 6.42 Å². The lowest BCUT2D eigenvalue weighted by molar-refractivity contribution is -0.0176. The van der Waals surface area contributed by atoms with Gasteiger partial charge in [0, 0.05) is 24.2 Å². The molecule has 0 aromatic heterocycles. The quantitative estimate of drug-likeness (QED) is 0.671. The van der Waals surface area contributed by atoms with Crippen molar-refractivity contribution in [3.8, 4) is 12.3 Å². The standard InChI is InChI=1S/C21H29NO6/c1-2-19-3-5-20(6-4-19)21(23)22-7-9-24-11-13-26-15-17-28-18-16-27-14-12-25-10-8-22/h1,3-6H,7-18H2. The minimum absolute atomic E-state index is 0.0742. The molecule has 7 nitrogen and oxygen atoms in total. The molecule has 28 heavy (non-hydrogen) atoms. The predicted octanol–water partition coefficient (Wildman–Crippen LogP) is 1.21. The Morgan fingerprint density at radius 1 is 0.714 bits per heavy atom. The van der Waals surface area contributed by atoms with Gasteiger partial charge in [0.2, 0.25) is 0 Å². The molecule has 2 rings (SSSR count). The Balaban J connectivity index is 1.87. The number of amides is 1. The van der Waals surface area contributed by atoms with E-state index in [0.717, 1.165) is 5.56 Å². The minimum atomic E-state index is -0.0742. The van der Waals surface area contributed by atoms with Crippen LogP contribution in [0.3, 0.4) is 0 Å². The van der Waals surface area contributed by atoms with Crippen molar-refractivity contribution < 1.29 is 28.5 Å². The summed E-state index contributed by atoms with van der Waals surface area (Å²) in [5.74, 6) is 2.48. The molecule has 1 aliphatic rings. The number of carbonyl (C=O) groups excluding carboxylic acids is 1. The first kappa shape index (κ1) is 22.3. The molecule has 1 aromatic rings. The largest absolute Gasteiger partial charge is 0.377 e. The summed E-state index contributed by atoms with van der Waals surface area (Å²) in [6, 6.07) is 7.02. The summed E-state index contributed by atoms with van der Waals surface area (Å²) < 4.78 is 27.4. The number of carbonyl (C=O) groups is 1. The van der Waals surface area contributed by atoms with E-state index in [4.69, 9.17) is 30.1 Å². The van der Waals surface area contributed by atoms with E-state index in [1.165, 1.54) is 0 Å². The zero-order chi connectivity index (χ0) is 19.9. The molecular formula is C21H29NO6. The van der Waals surface area contributed by atoms with Crippen molar-refractivity contribution in [3.05, 3.63) is 35.4 Å². The summed E-state index contributed by atoms with van der Waals surface area (Å²) in [5.41, 5.74) is 1.33. The van der Waals surface area contributed by atoms with Crippen LogP contribution in [0.1, 0.15) is 15.9 Å². The van der Waals surface area contributed by atoms with Crippen molar-refractivity contribution in [2.45, 2.75) is 0 Å². The maximum Gasteiger partial charge on any atom is 0.254 e. The lowest BCUT2D eigenvalue weighted by Crippen LogP contribution is -2.37. The van der Waals surface area contributed by atoms with E-state index in [9.17, 15) is 4.79 Å². The molecule has 1 fully saturated rings. The molecule has 1 heterocycles. The van der Waals surface area contributed by atoms with Gasteiger partial charge in [-0.2, -0.15) is 0 Å². The highest BCUT2D eigenvalue weighted by molar-refractivity contribution is 5.94. The monoisotopic (exact) mass is 391 g/mol. The zero-order valence-electron chi connectivity index (χ0n) is 16.3. The molecule has 0 radical (unpaired) electrons. The third-order valence-electron chi connectivity index (χ3n) is 4.08. The van der Waals surface area contributed by atoms with Gasteiger partial charge < -0.3 is 28.6 Å². The third kappa shape index (κ3) is 8.83. The number of rotatable bonds is 1. The van der Waals surface area contributed by atoms with Crippen LogP contribution >= 0.6 is 0 Å². The maximum atomic E-state index is 12.8. The molecule has 0 atom stereocenters. The first-order valence-electron chi connectivity index (χ1n) is 9.56. The molecule has 7 heteroatoms. The van der Waals surface area contributed by atoms with Gasteiger partial charge in [0.25, 0.3) is 5.91 Å². The summed E-state index contributed by atoms with van der Waals surface area (Å²) in [6.07, 6.45) is 5.37. The number of hydrogen-bond acceptors (Lipinski definition) is 6. The van der Waals surface area contributed by atoms with E-state index in [2.05, 4.69) is 5.92 Å². The van der Waals surface area contributed by atoms with Crippen LogP contribution < -0.4 is 0 Å². The van der Waals surface area contributed by atoms with Gasteiger partial charge in [0.1, 0.15) is 0 Å². The van der Waals surface area contributed by atoms with E-state index in [1.807, 2.05) is 0 Å². The second-order valence-electron chi connectivity index (χ2n) is 6.08. The van der Waals surface area contributed by atoms with Crippen LogP contribution in [0.15, 0.2) is 24.3 Å². The molecule has 1 amide bonds. The fourth-order valence-corrected chi connectivity index (χ4v) is 2.54. The topological polar surface area (TPSA) is 66.5 Å². The molecule has 1 aliphatic heterocycles. The van der Waals surface area contributed by atoms with Crippen LogP contribution in [0.2, 0.25) is 0 Å². The fourth-order valence-electron chi connectivity index (χ4n) is 2.54. The highest BCUT2D eigenvalue weighted by atomic mass is 16.6. The highest BCUT2D eigenvalue weighted by Gasteiger charge is 2.15. The average molecular weight is 391 g/mol. The SMILES string of the molecule is C#Cc1ccc(C(=O)N2CCOCCOCCOCCOCCOCC2)cc1. The minimum Gasteiger partial charge on any atom is -0.377 e. The van der Waals surface area contributed by atoms with Crippen LogP contribution in [0.25, 0.3) is 0 Å². The molecule has 0 bridgehead atoms. The van der Waals surface area contributed by atoms with E-state index in [1.54, 1.807) is 29.2 Å². The van der Waals surface area contributed by atoms with Gasteiger partial charge in [-0.05, 0) is 24.3 Å². The van der Waals surface area contributed by atoms with Crippen molar-refractivity contribution in [1.29, 1.82) is 0 Å². The Hall–Kier alpha value is -1.95. The van der Waals surface area contributed by atoms with E-state index in [0.29, 0.717) is 84.7 Å². The van der Waals surface area contributed by atoms with Gasteiger partial charge in [-0.3, -0.25) is 4.79 Å². The summed E-state index contributed by atoms with van der Waals surface area (Å²) in [7, 11) is 0.